The molecule has 1 aromatic rings. The van der Waals surface area contributed by atoms with E-state index in [0.717, 1.165) is 12.3 Å². The Morgan fingerprint density at radius 1 is 1.13 bits per heavy atom. The van der Waals surface area contributed by atoms with Crippen molar-refractivity contribution in [1.29, 1.82) is 0 Å². The van der Waals surface area contributed by atoms with Gasteiger partial charge in [-0.3, -0.25) is 0 Å². The molecule has 0 unspecified atom stereocenters. The maximum absolute atomic E-state index is 11.3. The zero-order chi connectivity index (χ0) is 11.9. The summed E-state index contributed by atoms with van der Waals surface area (Å²) in [6, 6.07) is 3.68. The summed E-state index contributed by atoms with van der Waals surface area (Å²) in [5.74, 6) is 0. The molecule has 0 bridgehead atoms. The Hall–Kier alpha value is -0.300. The Morgan fingerprint density at radius 2 is 1.67 bits per heavy atom. The van der Waals surface area contributed by atoms with Crippen LogP contribution in [0.15, 0.2) is 28.0 Å². The molecule has 0 amide bonds. The average Bonchev–Trinajstić information content (AvgIpc) is 1.99. The third-order valence-electron chi connectivity index (χ3n) is 1.56. The Balaban J connectivity index is 3.79. The maximum atomic E-state index is 11.3. The first-order valence-corrected chi connectivity index (χ1v) is 8.15. The molecule has 0 heterocycles. The van der Waals surface area contributed by atoms with Gasteiger partial charge in [0.25, 0.3) is 9.05 Å². The minimum absolute atomic E-state index is 0.167. The molecule has 15 heavy (non-hydrogen) atoms. The number of hydrogen-bond donors (Lipinski definition) is 0. The molecule has 0 fully saturated rings. The van der Waals surface area contributed by atoms with Crippen molar-refractivity contribution < 1.29 is 16.8 Å². The van der Waals surface area contributed by atoms with Gasteiger partial charge in [-0.15, -0.1) is 0 Å². The fourth-order valence-electron chi connectivity index (χ4n) is 1.04. The summed E-state index contributed by atoms with van der Waals surface area (Å²) >= 11 is 5.62. The van der Waals surface area contributed by atoms with Gasteiger partial charge >= 0.3 is 0 Å². The zero-order valence-corrected chi connectivity index (χ0v) is 10.6. The summed E-state index contributed by atoms with van der Waals surface area (Å²) in [4.78, 5) is -0.971. The summed E-state index contributed by atoms with van der Waals surface area (Å²) in [6.07, 6.45) is 0.861. The summed E-state index contributed by atoms with van der Waals surface area (Å²) in [5, 5.41) is -0.167. The van der Waals surface area contributed by atoms with Crippen LogP contribution < -0.4 is 0 Å². The van der Waals surface area contributed by atoms with Crippen LogP contribution in [-0.4, -0.2) is 23.1 Å². The second-order valence-electron chi connectivity index (χ2n) is 2.78. The highest BCUT2D eigenvalue weighted by molar-refractivity contribution is 8.14. The van der Waals surface area contributed by atoms with Crippen molar-refractivity contribution in [3.05, 3.63) is 23.2 Å². The fraction of sp³-hybridized carbons (Fsp3) is 0.143. The van der Waals surface area contributed by atoms with Crippen LogP contribution in [0.2, 0.25) is 5.02 Å². The van der Waals surface area contributed by atoms with Crippen molar-refractivity contribution in [2.45, 2.75) is 9.79 Å². The molecule has 8 heteroatoms. The lowest BCUT2D eigenvalue weighted by Crippen LogP contribution is -2.05. The van der Waals surface area contributed by atoms with E-state index in [0.29, 0.717) is 0 Å². The highest BCUT2D eigenvalue weighted by atomic mass is 35.7. The highest BCUT2D eigenvalue weighted by Crippen LogP contribution is 2.30. The number of rotatable bonds is 2. The van der Waals surface area contributed by atoms with Crippen LogP contribution in [0, 0.1) is 0 Å². The van der Waals surface area contributed by atoms with Crippen molar-refractivity contribution >= 4 is 41.2 Å². The smallest absolute Gasteiger partial charge is 0.224 e. The number of benzene rings is 1. The number of halogens is 2. The predicted molar refractivity (Wildman–Crippen MR) is 57.6 cm³/mol. The molecule has 0 aliphatic heterocycles. The molecule has 0 spiro atoms. The van der Waals surface area contributed by atoms with E-state index in [2.05, 4.69) is 0 Å². The summed E-state index contributed by atoms with van der Waals surface area (Å²) in [5.41, 5.74) is 0. The molecule has 0 saturated heterocycles. The van der Waals surface area contributed by atoms with Crippen LogP contribution in [0.1, 0.15) is 0 Å². The zero-order valence-electron chi connectivity index (χ0n) is 7.44. The average molecular weight is 289 g/mol. The van der Waals surface area contributed by atoms with E-state index >= 15 is 0 Å². The van der Waals surface area contributed by atoms with Crippen molar-refractivity contribution in [3.8, 4) is 0 Å². The quantitative estimate of drug-likeness (QED) is 0.777. The van der Waals surface area contributed by atoms with Gasteiger partial charge < -0.3 is 0 Å². The lowest BCUT2D eigenvalue weighted by atomic mass is 10.4. The van der Waals surface area contributed by atoms with Gasteiger partial charge in [-0.25, -0.2) is 16.8 Å². The Labute approximate surface area is 97.2 Å². The molecular weight excluding hydrogens is 283 g/mol. The topological polar surface area (TPSA) is 68.3 Å². The Morgan fingerprint density at radius 3 is 2.00 bits per heavy atom. The summed E-state index contributed by atoms with van der Waals surface area (Å²) in [7, 11) is -2.78. The van der Waals surface area contributed by atoms with E-state index in [1.54, 1.807) is 0 Å². The second-order valence-corrected chi connectivity index (χ2v) is 7.67. The minimum Gasteiger partial charge on any atom is -0.224 e. The van der Waals surface area contributed by atoms with Gasteiger partial charge in [0, 0.05) is 16.9 Å². The van der Waals surface area contributed by atoms with Gasteiger partial charge in [-0.2, -0.15) is 0 Å². The standard InChI is InChI=1S/C7H6Cl2O4S2/c1-14(10,11)7-5(8)3-2-4-6(7)15(9,12)13/h2-4H,1H3. The molecule has 0 radical (unpaired) electrons. The molecule has 0 saturated carbocycles. The predicted octanol–water partition coefficient (Wildman–Crippen LogP) is 1.67. The number of sulfone groups is 1. The van der Waals surface area contributed by atoms with Gasteiger partial charge in [0.15, 0.2) is 9.84 Å². The molecule has 84 valence electrons. The van der Waals surface area contributed by atoms with Crippen molar-refractivity contribution in [3.63, 3.8) is 0 Å². The molecule has 4 nitrogen and oxygen atoms in total. The molecule has 1 rings (SSSR count). The van der Waals surface area contributed by atoms with Crippen LogP contribution in [0.4, 0.5) is 0 Å². The van der Waals surface area contributed by atoms with Gasteiger partial charge in [-0.1, -0.05) is 17.7 Å². The maximum Gasteiger partial charge on any atom is 0.262 e. The van der Waals surface area contributed by atoms with Crippen LogP contribution in [0.5, 0.6) is 0 Å². The molecule has 0 aliphatic carbocycles. The van der Waals surface area contributed by atoms with Crippen molar-refractivity contribution in [2.24, 2.45) is 0 Å². The third kappa shape index (κ3) is 2.84. The number of hydrogen-bond acceptors (Lipinski definition) is 4. The van der Waals surface area contributed by atoms with E-state index in [-0.39, 0.29) is 5.02 Å². The van der Waals surface area contributed by atoms with Gasteiger partial charge in [0.2, 0.25) is 0 Å². The van der Waals surface area contributed by atoms with Crippen LogP contribution in [0.25, 0.3) is 0 Å². The van der Waals surface area contributed by atoms with Crippen molar-refractivity contribution in [2.75, 3.05) is 6.26 Å². The third-order valence-corrected chi connectivity index (χ3v) is 4.67. The Bertz CT molecular complexity index is 589. The molecule has 0 aromatic heterocycles. The molecule has 1 aromatic carbocycles. The van der Waals surface area contributed by atoms with E-state index in [9.17, 15) is 16.8 Å². The normalized spacial score (nSPS) is 12.7. The lowest BCUT2D eigenvalue weighted by Gasteiger charge is -2.06. The second kappa shape index (κ2) is 3.93. The summed E-state index contributed by atoms with van der Waals surface area (Å²) < 4.78 is 44.8. The van der Waals surface area contributed by atoms with E-state index < -0.39 is 28.7 Å². The molecule has 0 aliphatic rings. The van der Waals surface area contributed by atoms with Crippen LogP contribution in [0.3, 0.4) is 0 Å². The monoisotopic (exact) mass is 288 g/mol. The largest absolute Gasteiger partial charge is 0.262 e. The minimum atomic E-state index is -4.13. The van der Waals surface area contributed by atoms with Crippen LogP contribution in [-0.2, 0) is 18.9 Å². The van der Waals surface area contributed by atoms with Gasteiger partial charge in [-0.05, 0) is 12.1 Å². The molecule has 0 N–H and O–H groups in total. The SMILES string of the molecule is CS(=O)(=O)c1c(Cl)cccc1S(=O)(=O)Cl. The first-order valence-electron chi connectivity index (χ1n) is 3.57. The summed E-state index contributed by atoms with van der Waals surface area (Å²) in [6.45, 7) is 0. The highest BCUT2D eigenvalue weighted by Gasteiger charge is 2.24. The van der Waals surface area contributed by atoms with E-state index in [4.69, 9.17) is 22.3 Å². The van der Waals surface area contributed by atoms with E-state index in [1.165, 1.54) is 12.1 Å². The lowest BCUT2D eigenvalue weighted by molar-refractivity contribution is 0.592. The first-order chi connectivity index (χ1) is 6.64. The van der Waals surface area contributed by atoms with E-state index in [1.807, 2.05) is 0 Å². The van der Waals surface area contributed by atoms with Gasteiger partial charge in [0.1, 0.15) is 9.79 Å². The van der Waals surface area contributed by atoms with Gasteiger partial charge in [0.05, 0.1) is 5.02 Å². The fourth-order valence-corrected chi connectivity index (χ4v) is 4.43. The van der Waals surface area contributed by atoms with Crippen LogP contribution >= 0.6 is 22.3 Å². The first kappa shape index (κ1) is 12.8. The van der Waals surface area contributed by atoms with Crippen molar-refractivity contribution in [1.82, 2.24) is 0 Å². The molecular formula is C7H6Cl2O4S2. The Kier molecular flexibility index (Phi) is 3.35. The molecule has 0 atom stereocenters.